The number of hydrogen-bond acceptors (Lipinski definition) is 3. The van der Waals surface area contributed by atoms with Crippen LogP contribution in [0.2, 0.25) is 0 Å². The van der Waals surface area contributed by atoms with Crippen LogP contribution in [-0.2, 0) is 5.54 Å². The van der Waals surface area contributed by atoms with Crippen LogP contribution in [-0.4, -0.2) is 12.1 Å². The lowest BCUT2D eigenvalue weighted by atomic mass is 10.1. The Hall–Kier alpha value is -0.610. The van der Waals surface area contributed by atoms with Gasteiger partial charge in [-0.25, -0.2) is 0 Å². The minimum absolute atomic E-state index is 0.230. The van der Waals surface area contributed by atoms with Crippen LogP contribution in [0.15, 0.2) is 16.7 Å². The predicted molar refractivity (Wildman–Crippen MR) is 53.6 cm³/mol. The molecular weight excluding hydrogens is 232 g/mol. The lowest BCUT2D eigenvalue weighted by molar-refractivity contribution is 0.400. The molecule has 3 nitrogen and oxygen atoms in total. The molecule has 0 aromatic carbocycles. The zero-order valence-electron chi connectivity index (χ0n) is 7.38. The Bertz CT molecular complexity index is 336. The number of hydrogen-bond donors (Lipinski definition) is 1. The smallest absolute Gasteiger partial charge is 0.143 e. The van der Waals surface area contributed by atoms with Gasteiger partial charge >= 0.3 is 0 Å². The van der Waals surface area contributed by atoms with Crippen LogP contribution in [0.4, 0.5) is 0 Å². The summed E-state index contributed by atoms with van der Waals surface area (Å²) >= 11 is 3.34. The van der Waals surface area contributed by atoms with Crippen molar-refractivity contribution in [1.82, 2.24) is 4.98 Å². The molecule has 0 amide bonds. The standard InChI is InChI=1S/C9H11BrN2O/c1-13-7-4-6(10)5-12-8(7)9(11)2-3-9/h4-5H,2-3,11H2,1H3. The summed E-state index contributed by atoms with van der Waals surface area (Å²) in [5.74, 6) is 0.773. The first kappa shape index (κ1) is 8.97. The minimum atomic E-state index is -0.230. The van der Waals surface area contributed by atoms with Gasteiger partial charge in [-0.2, -0.15) is 0 Å². The van der Waals surface area contributed by atoms with Crippen molar-refractivity contribution < 1.29 is 4.74 Å². The Morgan fingerprint density at radius 2 is 2.31 bits per heavy atom. The number of pyridine rings is 1. The van der Waals surface area contributed by atoms with Crippen molar-refractivity contribution in [2.24, 2.45) is 5.73 Å². The summed E-state index contributed by atoms with van der Waals surface area (Å²) in [6, 6.07) is 1.90. The second-order valence-electron chi connectivity index (χ2n) is 3.36. The highest BCUT2D eigenvalue weighted by Crippen LogP contribution is 2.45. The monoisotopic (exact) mass is 242 g/mol. The molecule has 1 aliphatic carbocycles. The van der Waals surface area contributed by atoms with Crippen molar-refractivity contribution in [1.29, 1.82) is 0 Å². The molecule has 0 atom stereocenters. The van der Waals surface area contributed by atoms with Gasteiger partial charge in [0, 0.05) is 10.7 Å². The molecule has 1 heterocycles. The highest BCUT2D eigenvalue weighted by Gasteiger charge is 2.43. The largest absolute Gasteiger partial charge is 0.495 e. The fourth-order valence-corrected chi connectivity index (χ4v) is 1.63. The Labute approximate surface area is 85.4 Å². The molecule has 2 N–H and O–H groups in total. The van der Waals surface area contributed by atoms with Gasteiger partial charge in [0.05, 0.1) is 12.6 Å². The molecule has 1 fully saturated rings. The average Bonchev–Trinajstić information content (AvgIpc) is 2.84. The quantitative estimate of drug-likeness (QED) is 0.861. The predicted octanol–water partition coefficient (Wildman–Crippen LogP) is 1.80. The molecule has 13 heavy (non-hydrogen) atoms. The van der Waals surface area contributed by atoms with Crippen LogP contribution in [0.1, 0.15) is 18.5 Å². The van der Waals surface area contributed by atoms with Crippen LogP contribution in [0.3, 0.4) is 0 Å². The summed E-state index contributed by atoms with van der Waals surface area (Å²) in [6.07, 6.45) is 3.75. The lowest BCUT2D eigenvalue weighted by Crippen LogP contribution is -2.21. The maximum absolute atomic E-state index is 6.04. The number of aromatic nitrogens is 1. The van der Waals surface area contributed by atoms with Crippen molar-refractivity contribution >= 4 is 15.9 Å². The Balaban J connectivity index is 2.45. The normalized spacial score (nSPS) is 18.4. The second-order valence-corrected chi connectivity index (χ2v) is 4.28. The third kappa shape index (κ3) is 1.56. The molecule has 1 aromatic rings. The summed E-state index contributed by atoms with van der Waals surface area (Å²) in [4.78, 5) is 4.29. The van der Waals surface area contributed by atoms with E-state index in [0.29, 0.717) is 0 Å². The minimum Gasteiger partial charge on any atom is -0.495 e. The van der Waals surface area contributed by atoms with E-state index in [4.69, 9.17) is 10.5 Å². The Morgan fingerprint density at radius 1 is 1.62 bits per heavy atom. The summed E-state index contributed by atoms with van der Waals surface area (Å²) in [5, 5.41) is 0. The molecular formula is C9H11BrN2O. The molecule has 1 saturated carbocycles. The first-order chi connectivity index (χ1) is 6.15. The molecule has 0 aliphatic heterocycles. The van der Waals surface area contributed by atoms with Crippen LogP contribution in [0.5, 0.6) is 5.75 Å². The first-order valence-electron chi connectivity index (χ1n) is 4.14. The van der Waals surface area contributed by atoms with E-state index in [-0.39, 0.29) is 5.54 Å². The summed E-state index contributed by atoms with van der Waals surface area (Å²) < 4.78 is 6.13. The molecule has 4 heteroatoms. The number of ether oxygens (including phenoxy) is 1. The summed E-state index contributed by atoms with van der Waals surface area (Å²) in [7, 11) is 1.64. The molecule has 70 valence electrons. The van der Waals surface area contributed by atoms with Crippen molar-refractivity contribution in [2.45, 2.75) is 18.4 Å². The van der Waals surface area contributed by atoms with Crippen molar-refractivity contribution in [2.75, 3.05) is 7.11 Å². The highest BCUT2D eigenvalue weighted by molar-refractivity contribution is 9.10. The number of halogens is 1. The van der Waals surface area contributed by atoms with Crippen molar-refractivity contribution in [3.05, 3.63) is 22.4 Å². The van der Waals surface area contributed by atoms with Gasteiger partial charge in [-0.05, 0) is 34.8 Å². The van der Waals surface area contributed by atoms with Gasteiger partial charge in [0.2, 0.25) is 0 Å². The van der Waals surface area contributed by atoms with E-state index in [0.717, 1.165) is 28.8 Å². The second kappa shape index (κ2) is 2.96. The molecule has 0 spiro atoms. The molecule has 1 aromatic heterocycles. The first-order valence-corrected chi connectivity index (χ1v) is 4.94. The SMILES string of the molecule is COc1cc(Br)cnc1C1(N)CC1. The third-order valence-corrected chi connectivity index (χ3v) is 2.73. The fourth-order valence-electron chi connectivity index (χ4n) is 1.32. The van der Waals surface area contributed by atoms with Crippen molar-refractivity contribution in [3.8, 4) is 5.75 Å². The zero-order valence-corrected chi connectivity index (χ0v) is 8.97. The molecule has 1 aliphatic rings. The highest BCUT2D eigenvalue weighted by atomic mass is 79.9. The third-order valence-electron chi connectivity index (χ3n) is 2.30. The molecule has 0 bridgehead atoms. The Kier molecular flexibility index (Phi) is 2.04. The van der Waals surface area contributed by atoms with E-state index in [1.165, 1.54) is 0 Å². The number of methoxy groups -OCH3 is 1. The zero-order chi connectivity index (χ0) is 9.47. The number of nitrogens with two attached hydrogens (primary N) is 1. The van der Waals surface area contributed by atoms with E-state index in [1.807, 2.05) is 6.07 Å². The van der Waals surface area contributed by atoms with Gasteiger partial charge in [0.1, 0.15) is 11.4 Å². The average molecular weight is 243 g/mol. The van der Waals surface area contributed by atoms with Gasteiger partial charge in [0.25, 0.3) is 0 Å². The van der Waals surface area contributed by atoms with E-state index < -0.39 is 0 Å². The van der Waals surface area contributed by atoms with Crippen molar-refractivity contribution in [3.63, 3.8) is 0 Å². The van der Waals surface area contributed by atoms with Gasteiger partial charge < -0.3 is 10.5 Å². The molecule has 2 rings (SSSR count). The van der Waals surface area contributed by atoms with E-state index in [9.17, 15) is 0 Å². The topological polar surface area (TPSA) is 48.1 Å². The van der Waals surface area contributed by atoms with E-state index in [2.05, 4.69) is 20.9 Å². The Morgan fingerprint density at radius 3 is 2.85 bits per heavy atom. The molecule has 0 radical (unpaired) electrons. The number of rotatable bonds is 2. The van der Waals surface area contributed by atoms with Gasteiger partial charge in [-0.1, -0.05) is 0 Å². The maximum Gasteiger partial charge on any atom is 0.143 e. The van der Waals surface area contributed by atoms with Gasteiger partial charge in [0.15, 0.2) is 0 Å². The van der Waals surface area contributed by atoms with Gasteiger partial charge in [-0.15, -0.1) is 0 Å². The fraction of sp³-hybridized carbons (Fsp3) is 0.444. The van der Waals surface area contributed by atoms with Gasteiger partial charge in [-0.3, -0.25) is 4.98 Å². The number of nitrogens with zero attached hydrogens (tertiary/aromatic N) is 1. The van der Waals surface area contributed by atoms with Crippen LogP contribution < -0.4 is 10.5 Å². The summed E-state index contributed by atoms with van der Waals surface area (Å²) in [6.45, 7) is 0. The lowest BCUT2D eigenvalue weighted by Gasteiger charge is -2.12. The van der Waals surface area contributed by atoms with Crippen LogP contribution >= 0.6 is 15.9 Å². The van der Waals surface area contributed by atoms with Crippen LogP contribution in [0, 0.1) is 0 Å². The molecule has 0 saturated heterocycles. The summed E-state index contributed by atoms with van der Waals surface area (Å²) in [5.41, 5.74) is 6.68. The van der Waals surface area contributed by atoms with Crippen LogP contribution in [0.25, 0.3) is 0 Å². The maximum atomic E-state index is 6.04. The van der Waals surface area contributed by atoms with E-state index >= 15 is 0 Å². The molecule has 0 unspecified atom stereocenters. The van der Waals surface area contributed by atoms with E-state index in [1.54, 1.807) is 13.3 Å².